The zero-order valence-corrected chi connectivity index (χ0v) is 17.0. The molecule has 2 rings (SSSR count). The van der Waals surface area contributed by atoms with E-state index in [4.69, 9.17) is 4.74 Å². The van der Waals surface area contributed by atoms with E-state index >= 15 is 0 Å². The Morgan fingerprint density at radius 3 is 2.32 bits per heavy atom. The number of likely N-dealkylation sites (tertiary alicyclic amines) is 1. The van der Waals surface area contributed by atoms with Crippen LogP contribution in [0.1, 0.15) is 44.0 Å². The van der Waals surface area contributed by atoms with E-state index in [1.165, 1.54) is 0 Å². The fourth-order valence-corrected chi connectivity index (χ4v) is 3.00. The lowest BCUT2D eigenvalue weighted by atomic mass is 9.96. The Labute approximate surface area is 166 Å². The van der Waals surface area contributed by atoms with E-state index in [0.717, 1.165) is 0 Å². The number of rotatable bonds is 7. The van der Waals surface area contributed by atoms with Crippen LogP contribution in [-0.2, 0) is 9.53 Å². The maximum absolute atomic E-state index is 12.3. The first kappa shape index (κ1) is 21.9. The van der Waals surface area contributed by atoms with Crippen LogP contribution in [0.25, 0.3) is 0 Å². The second kappa shape index (κ2) is 10.2. The van der Waals surface area contributed by atoms with Crippen molar-refractivity contribution in [2.45, 2.75) is 39.2 Å². The Balaban J connectivity index is 1.60. The number of piperidine rings is 1. The fourth-order valence-electron chi connectivity index (χ4n) is 3.00. The number of nitrogens with one attached hydrogen (secondary N) is 2. The van der Waals surface area contributed by atoms with Gasteiger partial charge in [-0.15, -0.1) is 0 Å². The smallest absolute Gasteiger partial charge is 0.410 e. The second-order valence-electron chi connectivity index (χ2n) is 8.00. The summed E-state index contributed by atoms with van der Waals surface area (Å²) in [6.07, 6.45) is 0.939. The molecule has 0 atom stereocenters. The molecule has 0 aromatic heterocycles. The Morgan fingerprint density at radius 2 is 1.71 bits per heavy atom. The van der Waals surface area contributed by atoms with Crippen molar-refractivity contribution in [3.63, 3.8) is 0 Å². The van der Waals surface area contributed by atoms with Crippen LogP contribution >= 0.6 is 0 Å². The molecule has 0 radical (unpaired) electrons. The van der Waals surface area contributed by atoms with Gasteiger partial charge in [-0.2, -0.15) is 0 Å². The van der Waals surface area contributed by atoms with Crippen LogP contribution in [0.3, 0.4) is 0 Å². The fraction of sp³-hybridized carbons (Fsp3) is 0.571. The Bertz CT molecular complexity index is 662. The van der Waals surface area contributed by atoms with Crippen molar-refractivity contribution in [2.24, 2.45) is 5.92 Å². The van der Waals surface area contributed by atoms with E-state index in [-0.39, 0.29) is 30.2 Å². The predicted octanol–water partition coefficient (Wildman–Crippen LogP) is 2.22. The number of ketones is 1. The maximum atomic E-state index is 12.3. The minimum Gasteiger partial charge on any atom is -0.444 e. The quantitative estimate of drug-likeness (QED) is 0.552. The lowest BCUT2D eigenvalue weighted by molar-refractivity contribution is -0.126. The van der Waals surface area contributed by atoms with Gasteiger partial charge < -0.3 is 20.3 Å². The average molecular weight is 389 g/mol. The van der Waals surface area contributed by atoms with Crippen molar-refractivity contribution in [3.8, 4) is 0 Å². The van der Waals surface area contributed by atoms with Gasteiger partial charge in [0.25, 0.3) is 0 Å². The van der Waals surface area contributed by atoms with E-state index in [0.29, 0.717) is 44.6 Å². The molecule has 0 saturated carbocycles. The van der Waals surface area contributed by atoms with Crippen LogP contribution in [0.2, 0.25) is 0 Å². The topological polar surface area (TPSA) is 87.7 Å². The number of hydrogen-bond acceptors (Lipinski definition) is 5. The predicted molar refractivity (Wildman–Crippen MR) is 107 cm³/mol. The van der Waals surface area contributed by atoms with Gasteiger partial charge in [-0.1, -0.05) is 30.3 Å². The molecule has 1 aromatic rings. The highest BCUT2D eigenvalue weighted by atomic mass is 16.6. The van der Waals surface area contributed by atoms with Crippen molar-refractivity contribution < 1.29 is 19.1 Å². The molecular formula is C21H31N3O4. The normalized spacial score (nSPS) is 15.2. The van der Waals surface area contributed by atoms with Crippen molar-refractivity contribution in [1.29, 1.82) is 0 Å². The molecule has 1 heterocycles. The molecule has 1 fully saturated rings. The largest absolute Gasteiger partial charge is 0.444 e. The molecule has 1 saturated heterocycles. The first-order valence-electron chi connectivity index (χ1n) is 9.81. The summed E-state index contributed by atoms with van der Waals surface area (Å²) in [5, 5.41) is 5.95. The molecule has 1 aliphatic heterocycles. The molecule has 2 amide bonds. The number of benzene rings is 1. The van der Waals surface area contributed by atoms with Crippen LogP contribution in [0.15, 0.2) is 30.3 Å². The average Bonchev–Trinajstić information content (AvgIpc) is 2.67. The summed E-state index contributed by atoms with van der Waals surface area (Å²) < 4.78 is 5.37. The molecule has 154 valence electrons. The number of Topliss-reactive ketones (excluding diaryl/α,β-unsaturated/α-hetero) is 1. The van der Waals surface area contributed by atoms with E-state index in [1.54, 1.807) is 17.0 Å². The van der Waals surface area contributed by atoms with Crippen molar-refractivity contribution in [1.82, 2.24) is 15.5 Å². The number of carbonyl (C=O) groups is 3. The minimum absolute atomic E-state index is 0.0000228. The molecule has 0 bridgehead atoms. The van der Waals surface area contributed by atoms with Gasteiger partial charge in [-0.3, -0.25) is 9.59 Å². The molecule has 0 aliphatic carbocycles. The molecule has 0 spiro atoms. The highest BCUT2D eigenvalue weighted by Gasteiger charge is 2.29. The molecular weight excluding hydrogens is 358 g/mol. The summed E-state index contributed by atoms with van der Waals surface area (Å²) in [7, 11) is 0. The first-order valence-corrected chi connectivity index (χ1v) is 9.81. The van der Waals surface area contributed by atoms with E-state index in [9.17, 15) is 14.4 Å². The monoisotopic (exact) mass is 389 g/mol. The summed E-state index contributed by atoms with van der Waals surface area (Å²) in [6, 6.07) is 9.12. The molecule has 1 aliphatic rings. The van der Waals surface area contributed by atoms with Gasteiger partial charge in [0, 0.05) is 37.7 Å². The van der Waals surface area contributed by atoms with Crippen LogP contribution in [0, 0.1) is 5.92 Å². The summed E-state index contributed by atoms with van der Waals surface area (Å²) in [5.74, 6) is -0.0638. The van der Waals surface area contributed by atoms with Crippen molar-refractivity contribution >= 4 is 17.8 Å². The molecule has 0 unspecified atom stereocenters. The van der Waals surface area contributed by atoms with Crippen molar-refractivity contribution in [2.75, 3.05) is 32.7 Å². The van der Waals surface area contributed by atoms with Crippen molar-refractivity contribution in [3.05, 3.63) is 35.9 Å². The number of ether oxygens (including phenoxy) is 1. The van der Waals surface area contributed by atoms with Gasteiger partial charge in [0.05, 0.1) is 6.54 Å². The maximum Gasteiger partial charge on any atom is 0.410 e. The number of amides is 2. The number of nitrogens with zero attached hydrogens (tertiary/aromatic N) is 1. The van der Waals surface area contributed by atoms with Crippen LogP contribution in [0.5, 0.6) is 0 Å². The van der Waals surface area contributed by atoms with Crippen LogP contribution in [-0.4, -0.2) is 61.0 Å². The molecule has 7 heteroatoms. The first-order chi connectivity index (χ1) is 13.3. The lowest BCUT2D eigenvalue weighted by Gasteiger charge is -2.32. The highest BCUT2D eigenvalue weighted by Crippen LogP contribution is 2.19. The molecule has 1 aromatic carbocycles. The Morgan fingerprint density at radius 1 is 1.07 bits per heavy atom. The summed E-state index contributed by atoms with van der Waals surface area (Å²) in [5.41, 5.74) is 0.163. The molecule has 2 N–H and O–H groups in total. The standard InChI is InChI=1S/C21H31N3O4/c1-21(2,3)28-20(27)24-13-9-17(10-14-24)19(26)23-12-11-22-15-18(25)16-7-5-4-6-8-16/h4-8,17,22H,9-15H2,1-3H3,(H,23,26). The highest BCUT2D eigenvalue weighted by molar-refractivity contribution is 5.97. The number of hydrogen-bond donors (Lipinski definition) is 2. The van der Waals surface area contributed by atoms with Gasteiger partial charge in [-0.05, 0) is 33.6 Å². The lowest BCUT2D eigenvalue weighted by Crippen LogP contribution is -2.45. The van der Waals surface area contributed by atoms with E-state index in [2.05, 4.69) is 10.6 Å². The zero-order chi connectivity index (χ0) is 20.6. The Kier molecular flexibility index (Phi) is 7.99. The van der Waals surface area contributed by atoms with Crippen LogP contribution < -0.4 is 10.6 Å². The molecule has 7 nitrogen and oxygen atoms in total. The third-order valence-corrected chi connectivity index (χ3v) is 4.50. The van der Waals surface area contributed by atoms with Gasteiger partial charge in [-0.25, -0.2) is 4.79 Å². The molecule has 28 heavy (non-hydrogen) atoms. The summed E-state index contributed by atoms with van der Waals surface area (Å²) in [6.45, 7) is 7.81. The third kappa shape index (κ3) is 7.31. The Hall–Kier alpha value is -2.41. The van der Waals surface area contributed by atoms with Gasteiger partial charge in [0.15, 0.2) is 5.78 Å². The number of carbonyl (C=O) groups excluding carboxylic acids is 3. The van der Waals surface area contributed by atoms with Crippen LogP contribution in [0.4, 0.5) is 4.79 Å². The second-order valence-corrected chi connectivity index (χ2v) is 8.00. The third-order valence-electron chi connectivity index (χ3n) is 4.50. The summed E-state index contributed by atoms with van der Waals surface area (Å²) >= 11 is 0. The summed E-state index contributed by atoms with van der Waals surface area (Å²) in [4.78, 5) is 38.0. The van der Waals surface area contributed by atoms with Gasteiger partial charge in [0.1, 0.15) is 5.60 Å². The SMILES string of the molecule is CC(C)(C)OC(=O)N1CCC(C(=O)NCCNCC(=O)c2ccccc2)CC1. The van der Waals surface area contributed by atoms with E-state index < -0.39 is 5.60 Å². The zero-order valence-electron chi connectivity index (χ0n) is 17.0. The van der Waals surface area contributed by atoms with Gasteiger partial charge in [0.2, 0.25) is 5.91 Å². The van der Waals surface area contributed by atoms with Gasteiger partial charge >= 0.3 is 6.09 Å². The minimum atomic E-state index is -0.514. The van der Waals surface area contributed by atoms with E-state index in [1.807, 2.05) is 39.0 Å².